The lowest BCUT2D eigenvalue weighted by molar-refractivity contribution is -0.108. The van der Waals surface area contributed by atoms with Crippen LogP contribution in [0.3, 0.4) is 0 Å². The fourth-order valence-corrected chi connectivity index (χ4v) is 14.6. The van der Waals surface area contributed by atoms with Gasteiger partial charge in [0.25, 0.3) is 0 Å². The predicted octanol–water partition coefficient (Wildman–Crippen LogP) is 10.1. The van der Waals surface area contributed by atoms with E-state index in [2.05, 4.69) is 141 Å². The van der Waals surface area contributed by atoms with E-state index in [1.807, 2.05) is 119 Å². The second-order valence-corrected chi connectivity index (χ2v) is 29.5. The Balaban J connectivity index is 0.000000162. The summed E-state index contributed by atoms with van der Waals surface area (Å²) in [7, 11) is 4.34. The number of ether oxygens (including phenoxy) is 2. The zero-order valence-corrected chi connectivity index (χ0v) is 64.4. The molecule has 14 heterocycles. The quantitative estimate of drug-likeness (QED) is 0.0305. The molecule has 33 heteroatoms. The largest absolute Gasteiger partial charge is 0.396 e. The van der Waals surface area contributed by atoms with Crippen LogP contribution in [0, 0.1) is 3.83 Å². The van der Waals surface area contributed by atoms with E-state index in [-0.39, 0.29) is 45.2 Å². The molecule has 9 aromatic heterocycles. The molecule has 29 nitrogen and oxygen atoms in total. The molecule has 16 rings (SSSR count). The molecule has 5 aliphatic rings. The van der Waals surface area contributed by atoms with Crippen LogP contribution in [0.4, 0.5) is 40.3 Å². The van der Waals surface area contributed by atoms with Gasteiger partial charge in [-0.2, -0.15) is 25.3 Å². The maximum absolute atomic E-state index is 10.6. The molecule has 11 aromatic rings. The Kier molecular flexibility index (Phi) is 30.1. The molecule has 2 aromatic carbocycles. The number of rotatable bonds is 20. The molecule has 0 bridgehead atoms. The van der Waals surface area contributed by atoms with Crippen molar-refractivity contribution in [2.45, 2.75) is 96.6 Å². The normalized spacial score (nSPS) is 16.8. The first kappa shape index (κ1) is 81.6. The van der Waals surface area contributed by atoms with Crippen LogP contribution in [-0.4, -0.2) is 236 Å². The summed E-state index contributed by atoms with van der Waals surface area (Å²) in [5.74, 6) is 1.03. The standard InChI is InChI=1S/C29H38ClN9O.C24H26ClN7O2.C8H13N3O2.C6H3BrIN3.C5H12N2.2CH4/c1-35-16-18-36(19-17-35)11-3-12-38-21-25(20-31-38)32-28-33-27-26(4-2-13-39(27)34-28)37-14-9-29(22-40,10-15-37)23-5-7-24(30)8-6-23;25-19-6-4-18(5-7-19)24(17-34)8-12-30(13-9-24)21-3-1-11-32-22(21)28-23(29-32)27-20-15-26-31(16-20)10-2-14-33;9-7-5-10-11(6-7)2-1-8-12-3-4-13-8;7-4-2-1-3-11-5(4)9-6(8)10-11;1-7-4-2-6-3-5-7;;/h2,4-8,13,20-21,40H,3,9-12,14-19,22H2,1H3,(H,32,34);1,3-7,11,14-16,34H,2,8-10,12-13,17H2,(H,27,29);5-6,8H,1-4,9H2;1-3H;6H,2-5H2,1H3;2*1H4. The number of pyridine rings is 3. The summed E-state index contributed by atoms with van der Waals surface area (Å²) in [4.78, 5) is 36.2. The third-order valence-corrected chi connectivity index (χ3v) is 21.2. The Morgan fingerprint density at radius 2 is 1.07 bits per heavy atom. The maximum atomic E-state index is 10.6. The van der Waals surface area contributed by atoms with Gasteiger partial charge >= 0.3 is 0 Å². The highest BCUT2D eigenvalue weighted by molar-refractivity contribution is 14.1. The van der Waals surface area contributed by atoms with Crippen molar-refractivity contribution in [3.05, 3.63) is 170 Å². The van der Waals surface area contributed by atoms with Crippen LogP contribution < -0.4 is 31.5 Å². The van der Waals surface area contributed by atoms with Gasteiger partial charge in [-0.05, 0) is 140 Å². The molecular weight excluding hydrogens is 1580 g/mol. The number of aryl methyl sites for hydroxylation is 3. The van der Waals surface area contributed by atoms with E-state index in [0.717, 1.165) is 189 Å². The van der Waals surface area contributed by atoms with Gasteiger partial charge in [0.15, 0.2) is 23.2 Å². The third kappa shape index (κ3) is 21.9. The number of piperidine rings is 2. The number of aliphatic hydroxyl groups is 2. The number of nitrogens with one attached hydrogen (secondary N) is 3. The molecule has 5 fully saturated rings. The van der Waals surface area contributed by atoms with Crippen molar-refractivity contribution >= 4 is 125 Å². The van der Waals surface area contributed by atoms with Crippen LogP contribution in [0.1, 0.15) is 70.9 Å². The predicted molar refractivity (Wildman–Crippen MR) is 434 cm³/mol. The molecular formula is C74H100BrCl2IN24O5. The number of carbonyl (C=O) groups is 1. The number of aldehydes is 1. The minimum absolute atomic E-state index is 0. The van der Waals surface area contributed by atoms with Gasteiger partial charge < -0.3 is 70.7 Å². The van der Waals surface area contributed by atoms with Crippen LogP contribution in [-0.2, 0) is 44.7 Å². The average Bonchev–Trinajstić information content (AvgIpc) is 1.65. The summed E-state index contributed by atoms with van der Waals surface area (Å²) >= 11 is 17.6. The molecule has 107 heavy (non-hydrogen) atoms. The number of hydrogen-bond acceptors (Lipinski definition) is 23. The highest BCUT2D eigenvalue weighted by atomic mass is 127. The van der Waals surface area contributed by atoms with Crippen LogP contribution in [0.2, 0.25) is 10.0 Å². The average molecular weight is 1680 g/mol. The number of nitrogens with zero attached hydrogens (tertiary/aromatic N) is 20. The number of aromatic nitrogens is 15. The first-order valence-corrected chi connectivity index (χ1v) is 38.2. The topological polar surface area (TPSA) is 298 Å². The minimum Gasteiger partial charge on any atom is -0.396 e. The molecule has 5 aliphatic heterocycles. The molecule has 574 valence electrons. The maximum Gasteiger partial charge on any atom is 0.247 e. The van der Waals surface area contributed by atoms with Crippen molar-refractivity contribution in [1.82, 2.24) is 93.2 Å². The van der Waals surface area contributed by atoms with Gasteiger partial charge in [-0.3, -0.25) is 14.0 Å². The Morgan fingerprint density at radius 3 is 1.54 bits per heavy atom. The number of aliphatic hydroxyl groups excluding tert-OH is 2. The molecule has 0 saturated carbocycles. The van der Waals surface area contributed by atoms with Crippen LogP contribution in [0.25, 0.3) is 16.9 Å². The number of anilines is 7. The van der Waals surface area contributed by atoms with Crippen molar-refractivity contribution in [2.24, 2.45) is 0 Å². The number of likely N-dealkylation sites (N-methyl/N-ethyl adjacent to an activating group) is 2. The van der Waals surface area contributed by atoms with E-state index in [0.29, 0.717) is 53.8 Å². The lowest BCUT2D eigenvalue weighted by Gasteiger charge is -2.42. The minimum atomic E-state index is -0.267. The lowest BCUT2D eigenvalue weighted by atomic mass is 9.73. The lowest BCUT2D eigenvalue weighted by Crippen LogP contribution is -2.45. The molecule has 0 radical (unpaired) electrons. The van der Waals surface area contributed by atoms with E-state index in [9.17, 15) is 15.0 Å². The fraction of sp³-hybridized carbons (Fsp3) is 0.459. The zero-order valence-electron chi connectivity index (χ0n) is 59.2. The number of fused-ring (bicyclic) bond motifs is 3. The van der Waals surface area contributed by atoms with Gasteiger partial charge in [-0.25, -0.2) is 18.5 Å². The van der Waals surface area contributed by atoms with Gasteiger partial charge in [0.2, 0.25) is 15.7 Å². The van der Waals surface area contributed by atoms with Gasteiger partial charge in [0, 0.05) is 192 Å². The Hall–Kier alpha value is -7.93. The van der Waals surface area contributed by atoms with E-state index >= 15 is 0 Å². The molecule has 5 saturated heterocycles. The summed E-state index contributed by atoms with van der Waals surface area (Å²) in [6.45, 7) is 17.5. The summed E-state index contributed by atoms with van der Waals surface area (Å²) in [6, 6.07) is 27.7. The highest BCUT2D eigenvalue weighted by Crippen LogP contribution is 2.40. The molecule has 0 unspecified atom stereocenters. The molecule has 7 N–H and O–H groups in total. The number of carbonyl (C=O) groups excluding carboxylic acids is 1. The van der Waals surface area contributed by atoms with Gasteiger partial charge in [0.1, 0.15) is 6.29 Å². The number of halogens is 4. The third-order valence-electron chi connectivity index (χ3n) is 19.6. The Bertz CT molecular complexity index is 4500. The van der Waals surface area contributed by atoms with Crippen molar-refractivity contribution in [1.29, 1.82) is 0 Å². The number of benzene rings is 2. The first-order valence-electron chi connectivity index (χ1n) is 35.6. The fourth-order valence-electron chi connectivity index (χ4n) is 13.4. The van der Waals surface area contributed by atoms with Gasteiger partial charge in [0.05, 0.1) is 77.9 Å². The van der Waals surface area contributed by atoms with E-state index in [1.54, 1.807) is 37.0 Å². The summed E-state index contributed by atoms with van der Waals surface area (Å²) in [5, 5.41) is 58.0. The van der Waals surface area contributed by atoms with Crippen molar-refractivity contribution in [3.8, 4) is 0 Å². The number of hydrogen-bond donors (Lipinski definition) is 6. The van der Waals surface area contributed by atoms with Gasteiger partial charge in [-0.1, -0.05) is 62.3 Å². The number of nitrogens with two attached hydrogens (primary N) is 1. The van der Waals surface area contributed by atoms with E-state index < -0.39 is 0 Å². The molecule has 0 spiro atoms. The summed E-state index contributed by atoms with van der Waals surface area (Å²) < 4.78 is 23.1. The second-order valence-electron chi connectivity index (χ2n) is 26.8. The smallest absolute Gasteiger partial charge is 0.247 e. The van der Waals surface area contributed by atoms with Crippen molar-refractivity contribution in [2.75, 3.05) is 152 Å². The highest BCUT2D eigenvalue weighted by Gasteiger charge is 2.38. The van der Waals surface area contributed by atoms with Crippen LogP contribution in [0.5, 0.6) is 0 Å². The Morgan fingerprint density at radius 1 is 0.598 bits per heavy atom. The second kappa shape index (κ2) is 39.4. The van der Waals surface area contributed by atoms with Crippen molar-refractivity contribution < 1.29 is 24.5 Å². The SMILES string of the molecule is Brc1cccn2nc(I)nc12.C.C.CN1CCN(CCCn2cc(Nc3nc4c(N5CCC(CO)(c6ccc(Cl)cc6)CC5)cccn4n3)cn2)CC1.CN1CCNCC1.Nc1cnn(CCC2OCCO2)c1.O=CCCn1cc(Nc2nc3c(N4CCC(CO)(c5ccc(Cl)cc5)CC4)cccn3n2)cn1. The number of nitrogen functional groups attached to an aromatic ring is 1. The summed E-state index contributed by atoms with van der Waals surface area (Å²) in [6.07, 6.45) is 22.9. The van der Waals surface area contributed by atoms with E-state index in [1.165, 1.54) is 13.1 Å². The molecule has 0 atom stereocenters. The zero-order chi connectivity index (χ0) is 73.1. The van der Waals surface area contributed by atoms with Gasteiger partial charge in [-0.15, -0.1) is 15.3 Å². The Labute approximate surface area is 657 Å². The van der Waals surface area contributed by atoms with Crippen molar-refractivity contribution in [3.63, 3.8) is 0 Å². The van der Waals surface area contributed by atoms with Crippen LogP contribution in [0.15, 0.2) is 145 Å². The molecule has 0 amide bonds. The number of piperazine rings is 2. The first-order chi connectivity index (χ1) is 51.1. The summed E-state index contributed by atoms with van der Waals surface area (Å²) in [5.41, 5.74) is 14.1. The monoisotopic (exact) mass is 1680 g/mol. The molecule has 0 aliphatic carbocycles. The van der Waals surface area contributed by atoms with Crippen LogP contribution >= 0.6 is 61.7 Å². The van der Waals surface area contributed by atoms with E-state index in [4.69, 9.17) is 48.4 Å².